The highest BCUT2D eigenvalue weighted by Crippen LogP contribution is 2.36. The fraction of sp³-hybridized carbons (Fsp3) is 0.571. The zero-order valence-electron chi connectivity index (χ0n) is 11.5. The third-order valence-electron chi connectivity index (χ3n) is 3.55. The number of sulfone groups is 1. The van der Waals surface area contributed by atoms with Gasteiger partial charge in [-0.05, 0) is 26.0 Å². The van der Waals surface area contributed by atoms with Gasteiger partial charge in [0, 0.05) is 0 Å². The first-order valence-corrected chi connectivity index (χ1v) is 8.28. The average molecular weight is 298 g/mol. The predicted molar refractivity (Wildman–Crippen MR) is 72.1 cm³/mol. The Morgan fingerprint density at radius 1 is 1.20 bits per heavy atom. The Kier molecular flexibility index (Phi) is 3.36. The molecule has 2 aliphatic heterocycles. The predicted octanol–water partition coefficient (Wildman–Crippen LogP) is 1.38. The van der Waals surface area contributed by atoms with Crippen molar-refractivity contribution in [2.24, 2.45) is 0 Å². The number of hydrogen-bond donors (Lipinski definition) is 0. The van der Waals surface area contributed by atoms with E-state index in [4.69, 9.17) is 14.2 Å². The minimum absolute atomic E-state index is 0.0857. The maximum absolute atomic E-state index is 12.4. The van der Waals surface area contributed by atoms with Crippen molar-refractivity contribution >= 4 is 9.84 Å². The minimum atomic E-state index is -3.38. The van der Waals surface area contributed by atoms with Crippen LogP contribution in [0.4, 0.5) is 0 Å². The van der Waals surface area contributed by atoms with Gasteiger partial charge in [0.1, 0.15) is 18.3 Å². The summed E-state index contributed by atoms with van der Waals surface area (Å²) in [4.78, 5) is 0.310. The highest BCUT2D eigenvalue weighted by Gasteiger charge is 2.51. The van der Waals surface area contributed by atoms with Gasteiger partial charge in [-0.15, -0.1) is 0 Å². The maximum Gasteiger partial charge on any atom is 0.181 e. The molecule has 0 bridgehead atoms. The van der Waals surface area contributed by atoms with Crippen LogP contribution in [-0.2, 0) is 24.0 Å². The van der Waals surface area contributed by atoms with E-state index in [1.54, 1.807) is 30.3 Å². The van der Waals surface area contributed by atoms with E-state index in [1.807, 2.05) is 13.8 Å². The smallest absolute Gasteiger partial charge is 0.181 e. The van der Waals surface area contributed by atoms with E-state index in [0.717, 1.165) is 0 Å². The highest BCUT2D eigenvalue weighted by molar-refractivity contribution is 7.91. The summed E-state index contributed by atoms with van der Waals surface area (Å²) in [6.45, 7) is 4.03. The largest absolute Gasteiger partial charge is 0.372 e. The van der Waals surface area contributed by atoms with Crippen molar-refractivity contribution in [3.05, 3.63) is 30.3 Å². The molecule has 20 heavy (non-hydrogen) atoms. The van der Waals surface area contributed by atoms with Crippen LogP contribution in [0.15, 0.2) is 35.2 Å². The number of rotatable bonds is 3. The first-order valence-electron chi connectivity index (χ1n) is 6.62. The molecule has 0 aromatic heterocycles. The lowest BCUT2D eigenvalue weighted by Gasteiger charge is -2.21. The summed E-state index contributed by atoms with van der Waals surface area (Å²) < 4.78 is 41.7. The van der Waals surface area contributed by atoms with Crippen molar-refractivity contribution in [2.45, 2.75) is 42.8 Å². The topological polar surface area (TPSA) is 61.8 Å². The second-order valence-corrected chi connectivity index (χ2v) is 7.64. The zero-order valence-corrected chi connectivity index (χ0v) is 12.3. The summed E-state index contributed by atoms with van der Waals surface area (Å²) in [7, 11) is -3.38. The Balaban J connectivity index is 1.76. The molecule has 0 unspecified atom stereocenters. The zero-order chi connectivity index (χ0) is 14.4. The number of hydrogen-bond acceptors (Lipinski definition) is 5. The van der Waals surface area contributed by atoms with Gasteiger partial charge in [0.15, 0.2) is 15.6 Å². The lowest BCUT2D eigenvalue weighted by molar-refractivity contribution is -0.172. The van der Waals surface area contributed by atoms with Crippen LogP contribution in [0, 0.1) is 0 Å². The monoisotopic (exact) mass is 298 g/mol. The van der Waals surface area contributed by atoms with Crippen molar-refractivity contribution in [3.8, 4) is 0 Å². The molecule has 6 heteroatoms. The van der Waals surface area contributed by atoms with Crippen LogP contribution in [0.5, 0.6) is 0 Å². The van der Waals surface area contributed by atoms with E-state index in [-0.39, 0.29) is 18.0 Å². The summed E-state index contributed by atoms with van der Waals surface area (Å²) in [6.07, 6.45) is -0.976. The van der Waals surface area contributed by atoms with Crippen LogP contribution in [-0.4, -0.2) is 44.9 Å². The summed E-state index contributed by atoms with van der Waals surface area (Å²) in [5, 5.41) is 0. The van der Waals surface area contributed by atoms with Gasteiger partial charge in [0.25, 0.3) is 0 Å². The third kappa shape index (κ3) is 2.61. The van der Waals surface area contributed by atoms with Crippen LogP contribution in [0.25, 0.3) is 0 Å². The van der Waals surface area contributed by atoms with Gasteiger partial charge in [-0.25, -0.2) is 8.42 Å². The lowest BCUT2D eigenvalue weighted by atomic mass is 10.2. The molecule has 0 aliphatic carbocycles. The Morgan fingerprint density at radius 2 is 1.90 bits per heavy atom. The normalized spacial score (nSPS) is 32.2. The number of benzene rings is 1. The summed E-state index contributed by atoms with van der Waals surface area (Å²) >= 11 is 0. The van der Waals surface area contributed by atoms with Crippen molar-refractivity contribution in [1.29, 1.82) is 0 Å². The van der Waals surface area contributed by atoms with Crippen molar-refractivity contribution in [2.75, 3.05) is 12.4 Å². The molecule has 110 valence electrons. The molecule has 3 rings (SSSR count). The Morgan fingerprint density at radius 3 is 2.60 bits per heavy atom. The van der Waals surface area contributed by atoms with Crippen LogP contribution >= 0.6 is 0 Å². The average Bonchev–Trinajstić information content (AvgIpc) is 2.87. The minimum Gasteiger partial charge on any atom is -0.372 e. The quantitative estimate of drug-likeness (QED) is 0.843. The summed E-state index contributed by atoms with van der Waals surface area (Å²) in [5.74, 6) is -0.758. The molecule has 0 spiro atoms. The van der Waals surface area contributed by atoms with E-state index in [0.29, 0.717) is 11.5 Å². The molecular weight excluding hydrogens is 280 g/mol. The summed E-state index contributed by atoms with van der Waals surface area (Å²) in [6, 6.07) is 8.40. The molecule has 2 aliphatic rings. The van der Waals surface area contributed by atoms with Crippen LogP contribution in [0.2, 0.25) is 0 Å². The molecule has 2 saturated heterocycles. The SMILES string of the molecule is CC1(C)O[C@H]2[C@@H](CS(=O)(=O)c3ccccc3)OC[C@H]2O1. The Labute approximate surface area is 118 Å². The van der Waals surface area contributed by atoms with Crippen LogP contribution in [0.1, 0.15) is 13.8 Å². The molecule has 2 fully saturated rings. The second kappa shape index (κ2) is 4.80. The van der Waals surface area contributed by atoms with Gasteiger partial charge in [-0.2, -0.15) is 0 Å². The van der Waals surface area contributed by atoms with E-state index in [2.05, 4.69) is 0 Å². The van der Waals surface area contributed by atoms with Gasteiger partial charge >= 0.3 is 0 Å². The molecule has 0 N–H and O–H groups in total. The molecule has 5 nitrogen and oxygen atoms in total. The molecule has 2 heterocycles. The maximum atomic E-state index is 12.4. The molecular formula is C14H18O5S. The van der Waals surface area contributed by atoms with E-state index in [1.165, 1.54) is 0 Å². The first-order chi connectivity index (χ1) is 9.37. The Hall–Kier alpha value is -0.950. The lowest BCUT2D eigenvalue weighted by Crippen LogP contribution is -2.34. The summed E-state index contributed by atoms with van der Waals surface area (Å²) in [5.41, 5.74) is 0. The first kappa shape index (κ1) is 14.0. The van der Waals surface area contributed by atoms with Crippen LogP contribution in [0.3, 0.4) is 0 Å². The van der Waals surface area contributed by atoms with Crippen LogP contribution < -0.4 is 0 Å². The molecule has 0 saturated carbocycles. The highest BCUT2D eigenvalue weighted by atomic mass is 32.2. The molecule has 3 atom stereocenters. The standard InChI is InChI=1S/C14H18O5S/c1-14(2)18-11-8-17-12(13(11)19-14)9-20(15,16)10-6-4-3-5-7-10/h3-7,11-13H,8-9H2,1-2H3/t11-,12-,13-/m1/s1. The van der Waals surface area contributed by atoms with Gasteiger partial charge < -0.3 is 14.2 Å². The number of ether oxygens (including phenoxy) is 3. The molecule has 1 aromatic carbocycles. The van der Waals surface area contributed by atoms with E-state index in [9.17, 15) is 8.42 Å². The van der Waals surface area contributed by atoms with Crippen molar-refractivity contribution in [1.82, 2.24) is 0 Å². The van der Waals surface area contributed by atoms with E-state index >= 15 is 0 Å². The van der Waals surface area contributed by atoms with E-state index < -0.39 is 21.7 Å². The Bertz CT molecular complexity index is 581. The molecule has 0 amide bonds. The third-order valence-corrected chi connectivity index (χ3v) is 5.31. The fourth-order valence-corrected chi connectivity index (χ4v) is 4.19. The second-order valence-electron chi connectivity index (χ2n) is 5.60. The van der Waals surface area contributed by atoms with Gasteiger partial charge in [-0.1, -0.05) is 18.2 Å². The van der Waals surface area contributed by atoms with Gasteiger partial charge in [0.05, 0.1) is 17.3 Å². The molecule has 1 aromatic rings. The van der Waals surface area contributed by atoms with Crippen molar-refractivity contribution in [3.63, 3.8) is 0 Å². The van der Waals surface area contributed by atoms with Gasteiger partial charge in [0.2, 0.25) is 0 Å². The van der Waals surface area contributed by atoms with Crippen molar-refractivity contribution < 1.29 is 22.6 Å². The van der Waals surface area contributed by atoms with Gasteiger partial charge in [-0.3, -0.25) is 0 Å². The fourth-order valence-electron chi connectivity index (χ4n) is 2.70. The molecule has 0 radical (unpaired) electrons. The number of fused-ring (bicyclic) bond motifs is 1.